The maximum Gasteiger partial charge on any atom is 0.0589 e. The Morgan fingerprint density at radius 3 is 2.84 bits per heavy atom. The molecule has 0 fully saturated rings. The molecule has 1 aromatic heterocycles. The summed E-state index contributed by atoms with van der Waals surface area (Å²) in [5.41, 5.74) is 0.990. The van der Waals surface area contributed by atoms with E-state index in [0.29, 0.717) is 19.6 Å². The zero-order chi connectivity index (χ0) is 13.9. The van der Waals surface area contributed by atoms with Crippen molar-refractivity contribution in [3.63, 3.8) is 0 Å². The Balaban J connectivity index is 2.52. The maximum absolute atomic E-state index is 9.04. The topological polar surface area (TPSA) is 52.9 Å². The largest absolute Gasteiger partial charge is 0.395 e. The van der Waals surface area contributed by atoms with Gasteiger partial charge in [0.15, 0.2) is 0 Å². The van der Waals surface area contributed by atoms with Crippen LogP contribution in [-0.4, -0.2) is 55.1 Å². The van der Waals surface area contributed by atoms with Crippen molar-refractivity contribution in [1.82, 2.24) is 4.90 Å². The predicted octanol–water partition coefficient (Wildman–Crippen LogP) is 0.923. The summed E-state index contributed by atoms with van der Waals surface area (Å²) in [5, 5.41) is 19.7. The second kappa shape index (κ2) is 9.96. The van der Waals surface area contributed by atoms with Gasteiger partial charge in [-0.15, -0.1) is 11.3 Å². The fourth-order valence-corrected chi connectivity index (χ4v) is 2.46. The first-order valence-electron chi connectivity index (χ1n) is 6.29. The van der Waals surface area contributed by atoms with Gasteiger partial charge in [0.1, 0.15) is 0 Å². The molecule has 5 heteroatoms. The van der Waals surface area contributed by atoms with E-state index in [2.05, 4.69) is 22.8 Å². The molecule has 0 amide bonds. The van der Waals surface area contributed by atoms with E-state index in [-0.39, 0.29) is 13.2 Å². The number of nitrogens with zero attached hydrogens (tertiary/aromatic N) is 1. The third kappa shape index (κ3) is 6.71. The summed E-state index contributed by atoms with van der Waals surface area (Å²) in [5.74, 6) is 5.93. The molecule has 4 nitrogen and oxygen atoms in total. The normalized spacial score (nSPS) is 10.5. The third-order valence-corrected chi connectivity index (χ3v) is 3.45. The van der Waals surface area contributed by atoms with E-state index < -0.39 is 0 Å². The number of ether oxygens (including phenoxy) is 1. The van der Waals surface area contributed by atoms with Gasteiger partial charge in [-0.3, -0.25) is 4.90 Å². The van der Waals surface area contributed by atoms with Crippen LogP contribution in [0.4, 0.5) is 0 Å². The number of aliphatic hydroxyl groups is 2. The molecule has 0 bridgehead atoms. The molecule has 0 unspecified atom stereocenters. The Bertz CT molecular complexity index is 408. The Kier molecular flexibility index (Phi) is 8.47. The highest BCUT2D eigenvalue weighted by Gasteiger charge is 2.07. The minimum absolute atomic E-state index is 0.102. The lowest BCUT2D eigenvalue weighted by Gasteiger charge is -2.19. The molecule has 0 atom stereocenters. The highest BCUT2D eigenvalue weighted by molar-refractivity contribution is 7.10. The van der Waals surface area contributed by atoms with Gasteiger partial charge in [0.05, 0.1) is 19.8 Å². The zero-order valence-corrected chi connectivity index (χ0v) is 12.1. The van der Waals surface area contributed by atoms with Crippen molar-refractivity contribution in [2.75, 3.05) is 40.0 Å². The summed E-state index contributed by atoms with van der Waals surface area (Å²) in [4.78, 5) is 3.37. The van der Waals surface area contributed by atoms with Gasteiger partial charge in [0.2, 0.25) is 0 Å². The van der Waals surface area contributed by atoms with Crippen LogP contribution in [0, 0.1) is 11.8 Å². The lowest BCUT2D eigenvalue weighted by molar-refractivity contribution is 0.127. The molecule has 1 heterocycles. The first-order chi connectivity index (χ1) is 9.30. The summed E-state index contributed by atoms with van der Waals surface area (Å²) in [6, 6.07) is 2.06. The average molecular weight is 283 g/mol. The van der Waals surface area contributed by atoms with Crippen LogP contribution in [0.15, 0.2) is 11.4 Å². The number of hydrogen-bond acceptors (Lipinski definition) is 5. The molecule has 1 aromatic rings. The minimum atomic E-state index is 0.102. The van der Waals surface area contributed by atoms with Gasteiger partial charge in [-0.25, -0.2) is 0 Å². The van der Waals surface area contributed by atoms with Crippen molar-refractivity contribution in [2.45, 2.75) is 13.0 Å². The van der Waals surface area contributed by atoms with Gasteiger partial charge in [0.25, 0.3) is 0 Å². The van der Waals surface area contributed by atoms with E-state index in [0.717, 1.165) is 18.7 Å². The highest BCUT2D eigenvalue weighted by atomic mass is 32.1. The molecule has 106 valence electrons. The lowest BCUT2D eigenvalue weighted by atomic mass is 10.3. The molecule has 0 saturated carbocycles. The number of rotatable bonds is 8. The van der Waals surface area contributed by atoms with Crippen LogP contribution >= 0.6 is 11.3 Å². The number of hydrogen-bond donors (Lipinski definition) is 2. The van der Waals surface area contributed by atoms with Crippen LogP contribution < -0.4 is 0 Å². The van der Waals surface area contributed by atoms with Crippen molar-refractivity contribution in [3.8, 4) is 11.8 Å². The molecule has 0 aromatic carbocycles. The Morgan fingerprint density at radius 1 is 1.32 bits per heavy atom. The minimum Gasteiger partial charge on any atom is -0.395 e. The van der Waals surface area contributed by atoms with Crippen LogP contribution in [0.3, 0.4) is 0 Å². The Hall–Kier alpha value is -0.900. The van der Waals surface area contributed by atoms with Crippen LogP contribution in [-0.2, 0) is 11.3 Å². The monoisotopic (exact) mass is 283 g/mol. The van der Waals surface area contributed by atoms with E-state index in [1.807, 2.05) is 5.38 Å². The molecule has 0 radical (unpaired) electrons. The Labute approximate surface area is 118 Å². The first kappa shape index (κ1) is 16.2. The van der Waals surface area contributed by atoms with Crippen molar-refractivity contribution in [3.05, 3.63) is 21.9 Å². The van der Waals surface area contributed by atoms with Gasteiger partial charge in [0, 0.05) is 49.0 Å². The second-order valence-corrected chi connectivity index (χ2v) is 5.07. The lowest BCUT2D eigenvalue weighted by Crippen LogP contribution is -2.29. The SMILES string of the molecule is COCCN(CCO)Cc1cc(C#CCCO)cs1. The number of aliphatic hydroxyl groups excluding tert-OH is 2. The molecule has 0 spiro atoms. The van der Waals surface area contributed by atoms with Crippen molar-refractivity contribution < 1.29 is 14.9 Å². The van der Waals surface area contributed by atoms with Gasteiger partial charge in [-0.05, 0) is 6.07 Å². The van der Waals surface area contributed by atoms with Gasteiger partial charge >= 0.3 is 0 Å². The molecule has 0 aliphatic heterocycles. The van der Waals surface area contributed by atoms with Gasteiger partial charge in [-0.1, -0.05) is 11.8 Å². The Morgan fingerprint density at radius 2 is 2.16 bits per heavy atom. The standard InChI is InChI=1S/C14H21NO3S/c1-18-9-6-15(5-8-17)11-14-10-13(12-19-14)4-2-3-7-16/h10,12,16-17H,3,5-9,11H2,1H3. The maximum atomic E-state index is 9.04. The highest BCUT2D eigenvalue weighted by Crippen LogP contribution is 2.16. The van der Waals surface area contributed by atoms with Crippen LogP contribution in [0.25, 0.3) is 0 Å². The van der Waals surface area contributed by atoms with Crippen LogP contribution in [0.5, 0.6) is 0 Å². The quantitative estimate of drug-likeness (QED) is 0.697. The zero-order valence-electron chi connectivity index (χ0n) is 11.3. The van der Waals surface area contributed by atoms with Crippen molar-refractivity contribution in [2.24, 2.45) is 0 Å². The summed E-state index contributed by atoms with van der Waals surface area (Å²) in [6.07, 6.45) is 0.510. The fourth-order valence-electron chi connectivity index (χ4n) is 1.60. The van der Waals surface area contributed by atoms with E-state index in [4.69, 9.17) is 14.9 Å². The first-order valence-corrected chi connectivity index (χ1v) is 7.17. The third-order valence-electron chi connectivity index (χ3n) is 2.53. The summed E-state index contributed by atoms with van der Waals surface area (Å²) in [6.45, 7) is 3.17. The van der Waals surface area contributed by atoms with Crippen LogP contribution in [0.1, 0.15) is 16.9 Å². The predicted molar refractivity (Wildman–Crippen MR) is 77.1 cm³/mol. The van der Waals surface area contributed by atoms with Gasteiger partial charge in [-0.2, -0.15) is 0 Å². The average Bonchev–Trinajstić information content (AvgIpc) is 2.84. The molecular formula is C14H21NO3S. The summed E-state index contributed by atoms with van der Waals surface area (Å²) >= 11 is 1.67. The van der Waals surface area contributed by atoms with Gasteiger partial charge < -0.3 is 14.9 Å². The molecular weight excluding hydrogens is 262 g/mol. The number of methoxy groups -OCH3 is 1. The smallest absolute Gasteiger partial charge is 0.0589 e. The van der Waals surface area contributed by atoms with E-state index in [1.165, 1.54) is 4.88 Å². The number of thiophene rings is 1. The fraction of sp³-hybridized carbons (Fsp3) is 0.571. The summed E-state index contributed by atoms with van der Waals surface area (Å²) in [7, 11) is 1.68. The molecule has 0 saturated heterocycles. The van der Waals surface area contributed by atoms with Crippen molar-refractivity contribution in [1.29, 1.82) is 0 Å². The molecule has 0 aliphatic carbocycles. The van der Waals surface area contributed by atoms with E-state index >= 15 is 0 Å². The molecule has 0 aliphatic rings. The summed E-state index contributed by atoms with van der Waals surface area (Å²) < 4.78 is 5.06. The van der Waals surface area contributed by atoms with E-state index in [9.17, 15) is 0 Å². The molecule has 19 heavy (non-hydrogen) atoms. The molecule has 2 N–H and O–H groups in total. The van der Waals surface area contributed by atoms with Crippen molar-refractivity contribution >= 4 is 11.3 Å². The second-order valence-electron chi connectivity index (χ2n) is 4.07. The van der Waals surface area contributed by atoms with E-state index in [1.54, 1.807) is 18.4 Å². The molecule has 1 rings (SSSR count). The van der Waals surface area contributed by atoms with Crippen LogP contribution in [0.2, 0.25) is 0 Å².